The maximum Gasteiger partial charge on any atom is 0.0590 e. The number of unbranched alkanes of at least 4 members (excludes halogenated alkanes) is 1. The van der Waals surface area contributed by atoms with Crippen LogP contribution in [0, 0.1) is 0 Å². The summed E-state index contributed by atoms with van der Waals surface area (Å²) in [6.07, 6.45) is 6.46. The van der Waals surface area contributed by atoms with Gasteiger partial charge in [-0.1, -0.05) is 20.3 Å². The molecule has 0 aliphatic carbocycles. The van der Waals surface area contributed by atoms with Crippen molar-refractivity contribution in [3.05, 3.63) is 0 Å². The van der Waals surface area contributed by atoms with Crippen molar-refractivity contribution in [2.24, 2.45) is 0 Å². The Morgan fingerprint density at radius 3 is 2.72 bits per heavy atom. The molecule has 3 nitrogen and oxygen atoms in total. The topological polar surface area (TPSA) is 24.5 Å². The van der Waals surface area contributed by atoms with Crippen LogP contribution in [0.1, 0.15) is 52.9 Å². The number of hydrogen-bond donors (Lipinski definition) is 1. The lowest BCUT2D eigenvalue weighted by molar-refractivity contribution is 0.131. The Labute approximate surface area is 113 Å². The van der Waals surface area contributed by atoms with Crippen LogP contribution in [-0.2, 0) is 4.74 Å². The van der Waals surface area contributed by atoms with Crippen LogP contribution in [0.4, 0.5) is 0 Å². The summed E-state index contributed by atoms with van der Waals surface area (Å²) in [7, 11) is 0. The first kappa shape index (κ1) is 15.9. The van der Waals surface area contributed by atoms with Gasteiger partial charge in [-0.3, -0.25) is 4.90 Å². The molecule has 1 N–H and O–H groups in total. The molecule has 1 rings (SSSR count). The zero-order valence-corrected chi connectivity index (χ0v) is 12.6. The highest BCUT2D eigenvalue weighted by molar-refractivity contribution is 4.84. The summed E-state index contributed by atoms with van der Waals surface area (Å²) in [6.45, 7) is 11.9. The first-order valence-corrected chi connectivity index (χ1v) is 7.83. The zero-order valence-electron chi connectivity index (χ0n) is 12.6. The molecule has 0 spiro atoms. The maximum absolute atomic E-state index is 5.53. The van der Waals surface area contributed by atoms with Gasteiger partial charge in [0.25, 0.3) is 0 Å². The van der Waals surface area contributed by atoms with Gasteiger partial charge in [-0.15, -0.1) is 0 Å². The average molecular weight is 256 g/mol. The number of ether oxygens (including phenoxy) is 1. The number of nitrogens with one attached hydrogen (secondary N) is 1. The van der Waals surface area contributed by atoms with Crippen LogP contribution in [0.3, 0.4) is 0 Å². The molecule has 0 aromatic heterocycles. The van der Waals surface area contributed by atoms with Crippen molar-refractivity contribution in [2.45, 2.75) is 65.0 Å². The third-order valence-electron chi connectivity index (χ3n) is 4.04. The van der Waals surface area contributed by atoms with Crippen molar-refractivity contribution >= 4 is 0 Å². The number of hydrogen-bond acceptors (Lipinski definition) is 3. The van der Waals surface area contributed by atoms with Gasteiger partial charge in [0, 0.05) is 38.3 Å². The second kappa shape index (κ2) is 9.76. The fourth-order valence-electron chi connectivity index (χ4n) is 2.79. The van der Waals surface area contributed by atoms with E-state index in [1.807, 2.05) is 0 Å². The van der Waals surface area contributed by atoms with Crippen molar-refractivity contribution in [1.29, 1.82) is 0 Å². The van der Waals surface area contributed by atoms with Crippen molar-refractivity contribution in [3.8, 4) is 0 Å². The van der Waals surface area contributed by atoms with E-state index in [-0.39, 0.29) is 0 Å². The van der Waals surface area contributed by atoms with Gasteiger partial charge in [-0.05, 0) is 32.6 Å². The molecule has 0 bridgehead atoms. The molecule has 1 fully saturated rings. The predicted octanol–water partition coefficient (Wildman–Crippen LogP) is 2.66. The molecular weight excluding hydrogens is 224 g/mol. The predicted molar refractivity (Wildman–Crippen MR) is 78.1 cm³/mol. The van der Waals surface area contributed by atoms with Crippen molar-refractivity contribution in [3.63, 3.8) is 0 Å². The van der Waals surface area contributed by atoms with Crippen LogP contribution >= 0.6 is 0 Å². The number of likely N-dealkylation sites (tertiary alicyclic amines) is 1. The molecule has 0 aromatic carbocycles. The minimum atomic E-state index is 0.776. The molecule has 2 atom stereocenters. The monoisotopic (exact) mass is 256 g/mol. The van der Waals surface area contributed by atoms with Crippen LogP contribution in [-0.4, -0.2) is 49.8 Å². The summed E-state index contributed by atoms with van der Waals surface area (Å²) in [6, 6.07) is 1.60. The van der Waals surface area contributed by atoms with Gasteiger partial charge in [0.15, 0.2) is 0 Å². The molecule has 0 aromatic rings. The minimum absolute atomic E-state index is 0.776. The Bertz CT molecular complexity index is 199. The molecule has 1 aliphatic heterocycles. The van der Waals surface area contributed by atoms with E-state index in [2.05, 4.69) is 31.0 Å². The third kappa shape index (κ3) is 5.68. The molecule has 1 saturated heterocycles. The molecule has 0 saturated carbocycles. The van der Waals surface area contributed by atoms with Gasteiger partial charge in [0.2, 0.25) is 0 Å². The Balaban J connectivity index is 1.96. The molecule has 1 aliphatic rings. The van der Waals surface area contributed by atoms with Crippen molar-refractivity contribution in [1.82, 2.24) is 10.2 Å². The normalized spacial score (nSPS) is 24.8. The summed E-state index contributed by atoms with van der Waals surface area (Å²) in [4.78, 5) is 2.67. The highest BCUT2D eigenvalue weighted by Crippen LogP contribution is 2.24. The van der Waals surface area contributed by atoms with E-state index in [0.717, 1.165) is 38.4 Å². The third-order valence-corrected chi connectivity index (χ3v) is 4.04. The van der Waals surface area contributed by atoms with Crippen LogP contribution in [0.25, 0.3) is 0 Å². The lowest BCUT2D eigenvalue weighted by Crippen LogP contribution is -2.39. The van der Waals surface area contributed by atoms with Crippen LogP contribution in [0.5, 0.6) is 0 Å². The van der Waals surface area contributed by atoms with E-state index in [4.69, 9.17) is 4.74 Å². The molecule has 0 amide bonds. The van der Waals surface area contributed by atoms with E-state index in [9.17, 15) is 0 Å². The van der Waals surface area contributed by atoms with E-state index >= 15 is 0 Å². The summed E-state index contributed by atoms with van der Waals surface area (Å²) in [5.41, 5.74) is 0. The van der Waals surface area contributed by atoms with Gasteiger partial charge in [0.05, 0.1) is 6.61 Å². The molecule has 0 radical (unpaired) electrons. The summed E-state index contributed by atoms with van der Waals surface area (Å²) < 4.78 is 5.53. The number of nitrogens with zero attached hydrogens (tertiary/aromatic N) is 1. The molecule has 1 heterocycles. The first-order valence-electron chi connectivity index (χ1n) is 7.83. The molecular formula is C15H32N2O. The van der Waals surface area contributed by atoms with Crippen LogP contribution in [0.15, 0.2) is 0 Å². The van der Waals surface area contributed by atoms with Crippen molar-refractivity contribution in [2.75, 3.05) is 32.8 Å². The quantitative estimate of drug-likeness (QED) is 0.608. The van der Waals surface area contributed by atoms with Gasteiger partial charge in [-0.2, -0.15) is 0 Å². The summed E-state index contributed by atoms with van der Waals surface area (Å²) >= 11 is 0. The van der Waals surface area contributed by atoms with Crippen molar-refractivity contribution < 1.29 is 4.74 Å². The SMILES string of the molecule is CCCCOCCNCCN1C(C)CCC1CC. The van der Waals surface area contributed by atoms with Gasteiger partial charge in [-0.25, -0.2) is 0 Å². The Morgan fingerprint density at radius 2 is 2.00 bits per heavy atom. The molecule has 2 unspecified atom stereocenters. The highest BCUT2D eigenvalue weighted by atomic mass is 16.5. The molecule has 108 valence electrons. The summed E-state index contributed by atoms with van der Waals surface area (Å²) in [5.74, 6) is 0. The standard InChI is InChI=1S/C15H32N2O/c1-4-6-12-18-13-10-16-9-11-17-14(3)7-8-15(17)5-2/h14-16H,4-13H2,1-3H3. The second-order valence-electron chi connectivity index (χ2n) is 5.44. The van der Waals surface area contributed by atoms with Crippen LogP contribution in [0.2, 0.25) is 0 Å². The first-order chi connectivity index (χ1) is 8.79. The fraction of sp³-hybridized carbons (Fsp3) is 1.00. The lowest BCUT2D eigenvalue weighted by atomic mass is 10.1. The average Bonchev–Trinajstić information content (AvgIpc) is 2.73. The fourth-order valence-corrected chi connectivity index (χ4v) is 2.79. The Hall–Kier alpha value is -0.120. The maximum atomic E-state index is 5.53. The Morgan fingerprint density at radius 1 is 1.17 bits per heavy atom. The van der Waals surface area contributed by atoms with E-state index in [0.29, 0.717) is 0 Å². The van der Waals surface area contributed by atoms with E-state index < -0.39 is 0 Å². The van der Waals surface area contributed by atoms with Crippen LogP contribution < -0.4 is 5.32 Å². The number of rotatable bonds is 10. The van der Waals surface area contributed by atoms with Gasteiger partial charge >= 0.3 is 0 Å². The molecule has 3 heteroatoms. The molecule has 18 heavy (non-hydrogen) atoms. The van der Waals surface area contributed by atoms with E-state index in [1.165, 1.54) is 38.6 Å². The van der Waals surface area contributed by atoms with E-state index in [1.54, 1.807) is 0 Å². The second-order valence-corrected chi connectivity index (χ2v) is 5.44. The summed E-state index contributed by atoms with van der Waals surface area (Å²) in [5, 5.41) is 3.49. The Kier molecular flexibility index (Phi) is 8.64. The smallest absolute Gasteiger partial charge is 0.0590 e. The lowest BCUT2D eigenvalue weighted by Gasteiger charge is -2.27. The highest BCUT2D eigenvalue weighted by Gasteiger charge is 2.28. The zero-order chi connectivity index (χ0) is 13.2. The minimum Gasteiger partial charge on any atom is -0.380 e. The largest absolute Gasteiger partial charge is 0.380 e. The van der Waals surface area contributed by atoms with Gasteiger partial charge in [0.1, 0.15) is 0 Å². The van der Waals surface area contributed by atoms with Gasteiger partial charge < -0.3 is 10.1 Å².